The number of alkyl halides is 1. The van der Waals surface area contributed by atoms with Crippen LogP contribution >= 0.6 is 15.9 Å². The number of carbonyl (C=O) groups excluding carboxylic acids is 1. The van der Waals surface area contributed by atoms with Gasteiger partial charge in [-0.15, -0.1) is 0 Å². The molecule has 96 valence electrons. The number of rotatable bonds is 0. The number of aliphatic imine (C=N–C) groups is 1. The molecule has 1 amide bonds. The maximum atomic E-state index is 11.9. The zero-order valence-electron chi connectivity index (χ0n) is 10.4. The fourth-order valence-electron chi connectivity index (χ4n) is 1.90. The second kappa shape index (κ2) is 4.48. The van der Waals surface area contributed by atoms with E-state index in [4.69, 9.17) is 4.74 Å². The summed E-state index contributed by atoms with van der Waals surface area (Å²) < 4.78 is 5.35. The summed E-state index contributed by atoms with van der Waals surface area (Å²) in [5.74, 6) is 0.976. The highest BCUT2D eigenvalue weighted by Gasteiger charge is 2.34. The SMILES string of the molecule is CC(C)(C)OC(=O)N1CCN2C(=NCC2Br)C1. The van der Waals surface area contributed by atoms with Crippen LogP contribution < -0.4 is 0 Å². The molecule has 6 heteroatoms. The van der Waals surface area contributed by atoms with Crippen molar-refractivity contribution >= 4 is 27.9 Å². The Hall–Kier alpha value is -0.780. The molecule has 1 unspecified atom stereocenters. The molecule has 0 spiro atoms. The highest BCUT2D eigenvalue weighted by Crippen LogP contribution is 2.20. The minimum absolute atomic E-state index is 0.252. The largest absolute Gasteiger partial charge is 0.444 e. The molecule has 5 nitrogen and oxygen atoms in total. The van der Waals surface area contributed by atoms with Crippen LogP contribution in [0, 0.1) is 0 Å². The molecule has 0 bridgehead atoms. The van der Waals surface area contributed by atoms with Gasteiger partial charge < -0.3 is 9.64 Å². The van der Waals surface area contributed by atoms with Crippen molar-refractivity contribution in [3.8, 4) is 0 Å². The van der Waals surface area contributed by atoms with E-state index in [2.05, 4.69) is 25.8 Å². The molecule has 1 saturated heterocycles. The van der Waals surface area contributed by atoms with E-state index in [1.807, 2.05) is 20.8 Å². The first-order valence-corrected chi connectivity index (χ1v) is 6.70. The number of amides is 1. The zero-order valence-corrected chi connectivity index (χ0v) is 12.0. The number of nitrogens with zero attached hydrogens (tertiary/aromatic N) is 3. The van der Waals surface area contributed by atoms with Crippen molar-refractivity contribution in [1.82, 2.24) is 9.80 Å². The van der Waals surface area contributed by atoms with E-state index in [1.165, 1.54) is 0 Å². The number of amidine groups is 1. The Labute approximate surface area is 110 Å². The quantitative estimate of drug-likeness (QED) is 0.505. The summed E-state index contributed by atoms with van der Waals surface area (Å²) in [4.78, 5) is 20.5. The van der Waals surface area contributed by atoms with Crippen molar-refractivity contribution in [3.63, 3.8) is 0 Å². The van der Waals surface area contributed by atoms with Crippen LogP contribution in [-0.2, 0) is 4.74 Å². The molecule has 0 aromatic heterocycles. The Morgan fingerprint density at radius 3 is 2.82 bits per heavy atom. The van der Waals surface area contributed by atoms with E-state index in [1.54, 1.807) is 4.90 Å². The van der Waals surface area contributed by atoms with E-state index < -0.39 is 5.60 Å². The van der Waals surface area contributed by atoms with Gasteiger partial charge in [-0.2, -0.15) is 0 Å². The van der Waals surface area contributed by atoms with Gasteiger partial charge in [0, 0.05) is 13.1 Å². The summed E-state index contributed by atoms with van der Waals surface area (Å²) in [5.41, 5.74) is -0.441. The van der Waals surface area contributed by atoms with Gasteiger partial charge in [0.15, 0.2) is 0 Å². The maximum absolute atomic E-state index is 11.9. The Kier molecular flexibility index (Phi) is 3.34. The Bertz CT molecular complexity index is 351. The van der Waals surface area contributed by atoms with E-state index in [0.717, 1.165) is 18.9 Å². The van der Waals surface area contributed by atoms with Gasteiger partial charge >= 0.3 is 6.09 Å². The number of hydrogen-bond donors (Lipinski definition) is 0. The van der Waals surface area contributed by atoms with E-state index >= 15 is 0 Å². The fourth-order valence-corrected chi connectivity index (χ4v) is 2.49. The van der Waals surface area contributed by atoms with Crippen molar-refractivity contribution in [1.29, 1.82) is 0 Å². The number of ether oxygens (including phenoxy) is 1. The smallest absolute Gasteiger partial charge is 0.410 e. The number of hydrogen-bond acceptors (Lipinski definition) is 4. The third kappa shape index (κ3) is 2.91. The Balaban J connectivity index is 1.95. The fraction of sp³-hybridized carbons (Fsp3) is 0.818. The van der Waals surface area contributed by atoms with Crippen LogP contribution in [0.2, 0.25) is 0 Å². The van der Waals surface area contributed by atoms with E-state index in [9.17, 15) is 4.79 Å². The lowest BCUT2D eigenvalue weighted by atomic mass is 10.2. The molecule has 0 aromatic rings. The van der Waals surface area contributed by atoms with Gasteiger partial charge in [0.1, 0.15) is 16.4 Å². The minimum atomic E-state index is -0.441. The van der Waals surface area contributed by atoms with Gasteiger partial charge in [-0.3, -0.25) is 9.89 Å². The molecule has 1 fully saturated rings. The lowest BCUT2D eigenvalue weighted by Gasteiger charge is -2.36. The summed E-state index contributed by atoms with van der Waals surface area (Å²) in [5, 5.41) is 0. The maximum Gasteiger partial charge on any atom is 0.410 e. The van der Waals surface area contributed by atoms with Crippen molar-refractivity contribution in [3.05, 3.63) is 0 Å². The normalized spacial score (nSPS) is 24.5. The van der Waals surface area contributed by atoms with Crippen molar-refractivity contribution in [2.24, 2.45) is 4.99 Å². The van der Waals surface area contributed by atoms with Gasteiger partial charge in [-0.05, 0) is 20.8 Å². The van der Waals surface area contributed by atoms with E-state index in [-0.39, 0.29) is 6.09 Å². The third-order valence-corrected chi connectivity index (χ3v) is 3.47. The highest BCUT2D eigenvalue weighted by molar-refractivity contribution is 9.09. The Morgan fingerprint density at radius 1 is 1.47 bits per heavy atom. The molecule has 2 aliphatic heterocycles. The van der Waals surface area contributed by atoms with Crippen LogP contribution in [0.5, 0.6) is 0 Å². The molecule has 1 atom stereocenters. The molecule has 0 N–H and O–H groups in total. The molecular weight excluding hydrogens is 286 g/mol. The monoisotopic (exact) mass is 303 g/mol. The van der Waals surface area contributed by atoms with Crippen molar-refractivity contribution < 1.29 is 9.53 Å². The average molecular weight is 304 g/mol. The van der Waals surface area contributed by atoms with Crippen LogP contribution in [0.1, 0.15) is 20.8 Å². The van der Waals surface area contributed by atoms with Gasteiger partial charge in [0.05, 0.1) is 13.1 Å². The molecular formula is C11H18BrN3O2. The van der Waals surface area contributed by atoms with Crippen LogP contribution in [0.3, 0.4) is 0 Å². The first kappa shape index (κ1) is 12.7. The molecule has 0 saturated carbocycles. The topological polar surface area (TPSA) is 45.1 Å². The summed E-state index contributed by atoms with van der Waals surface area (Å²) in [7, 11) is 0. The molecule has 0 aromatic carbocycles. The summed E-state index contributed by atoms with van der Waals surface area (Å²) in [6.45, 7) is 8.45. The summed E-state index contributed by atoms with van der Waals surface area (Å²) in [6.07, 6.45) is -0.252. The zero-order chi connectivity index (χ0) is 12.6. The number of carbonyl (C=O) groups is 1. The molecule has 2 rings (SSSR count). The second-order valence-corrected chi connectivity index (χ2v) is 6.34. The average Bonchev–Trinajstić information content (AvgIpc) is 2.57. The lowest BCUT2D eigenvalue weighted by Crippen LogP contribution is -2.53. The predicted molar refractivity (Wildman–Crippen MR) is 69.5 cm³/mol. The van der Waals surface area contributed by atoms with Crippen LogP contribution in [-0.4, -0.2) is 58.5 Å². The molecule has 0 aliphatic carbocycles. The molecule has 2 heterocycles. The molecule has 0 radical (unpaired) electrons. The third-order valence-electron chi connectivity index (χ3n) is 2.69. The number of halogens is 1. The molecule has 17 heavy (non-hydrogen) atoms. The highest BCUT2D eigenvalue weighted by atomic mass is 79.9. The van der Waals surface area contributed by atoms with E-state index in [0.29, 0.717) is 18.0 Å². The van der Waals surface area contributed by atoms with Gasteiger partial charge in [-0.1, -0.05) is 15.9 Å². The van der Waals surface area contributed by atoms with Gasteiger partial charge in [0.2, 0.25) is 0 Å². The first-order chi connectivity index (χ1) is 7.87. The summed E-state index contributed by atoms with van der Waals surface area (Å²) in [6, 6.07) is 0. The van der Waals surface area contributed by atoms with Crippen molar-refractivity contribution in [2.75, 3.05) is 26.2 Å². The summed E-state index contributed by atoms with van der Waals surface area (Å²) >= 11 is 3.56. The van der Waals surface area contributed by atoms with Crippen LogP contribution in [0.25, 0.3) is 0 Å². The van der Waals surface area contributed by atoms with Gasteiger partial charge in [-0.25, -0.2) is 4.79 Å². The van der Waals surface area contributed by atoms with Crippen molar-refractivity contribution in [2.45, 2.75) is 31.3 Å². The van der Waals surface area contributed by atoms with Crippen LogP contribution in [0.15, 0.2) is 4.99 Å². The number of piperazine rings is 1. The standard InChI is InChI=1S/C11H18BrN3O2/c1-11(2,3)17-10(16)14-4-5-15-8(12)6-13-9(15)7-14/h8H,4-7H2,1-3H3. The molecule has 2 aliphatic rings. The lowest BCUT2D eigenvalue weighted by molar-refractivity contribution is 0.0245. The predicted octanol–water partition coefficient (Wildman–Crippen LogP) is 1.67. The van der Waals surface area contributed by atoms with Gasteiger partial charge in [0.25, 0.3) is 0 Å². The van der Waals surface area contributed by atoms with Crippen LogP contribution in [0.4, 0.5) is 4.79 Å². The minimum Gasteiger partial charge on any atom is -0.444 e. The first-order valence-electron chi connectivity index (χ1n) is 5.79. The number of fused-ring (bicyclic) bond motifs is 1. The second-order valence-electron chi connectivity index (χ2n) is 5.29. The Morgan fingerprint density at radius 2 is 2.18 bits per heavy atom.